The van der Waals surface area contributed by atoms with Crippen molar-refractivity contribution < 1.29 is 4.74 Å². The van der Waals surface area contributed by atoms with E-state index >= 15 is 0 Å². The van der Waals surface area contributed by atoms with E-state index < -0.39 is 0 Å². The van der Waals surface area contributed by atoms with Gasteiger partial charge in [0.05, 0.1) is 13.2 Å². The van der Waals surface area contributed by atoms with Gasteiger partial charge >= 0.3 is 0 Å². The zero-order valence-electron chi connectivity index (χ0n) is 13.7. The molecule has 0 aliphatic carbocycles. The average molecular weight is 268 g/mol. The van der Waals surface area contributed by atoms with Gasteiger partial charge in [-0.15, -0.1) is 0 Å². The SMILES string of the molecule is CC(C)C1(C)CN(C(C)(C)C)CC1N1CCOCC1. The molecule has 0 radical (unpaired) electrons. The Morgan fingerprint density at radius 1 is 1.16 bits per heavy atom. The summed E-state index contributed by atoms with van der Waals surface area (Å²) in [7, 11) is 0. The van der Waals surface area contributed by atoms with Crippen molar-refractivity contribution in [3.8, 4) is 0 Å². The van der Waals surface area contributed by atoms with Crippen molar-refractivity contribution in [2.24, 2.45) is 11.3 Å². The fourth-order valence-electron chi connectivity index (χ4n) is 3.50. The van der Waals surface area contributed by atoms with E-state index in [0.29, 0.717) is 17.4 Å². The third-order valence-electron chi connectivity index (χ3n) is 5.44. The Labute approximate surface area is 119 Å². The smallest absolute Gasteiger partial charge is 0.0594 e. The third-order valence-corrected chi connectivity index (χ3v) is 5.44. The number of ether oxygens (including phenoxy) is 1. The fraction of sp³-hybridized carbons (Fsp3) is 1.00. The van der Waals surface area contributed by atoms with Gasteiger partial charge < -0.3 is 4.74 Å². The molecule has 2 heterocycles. The van der Waals surface area contributed by atoms with Crippen LogP contribution in [0.25, 0.3) is 0 Å². The monoisotopic (exact) mass is 268 g/mol. The number of hydrogen-bond donors (Lipinski definition) is 0. The summed E-state index contributed by atoms with van der Waals surface area (Å²) in [4.78, 5) is 5.35. The lowest BCUT2D eigenvalue weighted by atomic mass is 9.74. The maximum absolute atomic E-state index is 5.53. The average Bonchev–Trinajstić information content (AvgIpc) is 2.70. The van der Waals surface area contributed by atoms with Gasteiger partial charge in [0.25, 0.3) is 0 Å². The summed E-state index contributed by atoms with van der Waals surface area (Å²) in [5, 5.41) is 0. The molecule has 2 atom stereocenters. The van der Waals surface area contributed by atoms with Crippen molar-refractivity contribution in [1.29, 1.82) is 0 Å². The first-order valence-corrected chi connectivity index (χ1v) is 7.82. The van der Waals surface area contributed by atoms with Gasteiger partial charge in [0.15, 0.2) is 0 Å². The van der Waals surface area contributed by atoms with Crippen molar-refractivity contribution >= 4 is 0 Å². The van der Waals surface area contributed by atoms with E-state index in [0.717, 1.165) is 26.3 Å². The van der Waals surface area contributed by atoms with Crippen LogP contribution in [0, 0.1) is 11.3 Å². The molecule has 0 N–H and O–H groups in total. The second kappa shape index (κ2) is 5.34. The molecule has 2 rings (SSSR count). The molecule has 0 bridgehead atoms. The summed E-state index contributed by atoms with van der Waals surface area (Å²) in [6, 6.07) is 0.677. The molecule has 0 amide bonds. The summed E-state index contributed by atoms with van der Waals surface area (Å²) >= 11 is 0. The van der Waals surface area contributed by atoms with E-state index in [2.05, 4.69) is 51.3 Å². The highest BCUT2D eigenvalue weighted by molar-refractivity contribution is 5.04. The van der Waals surface area contributed by atoms with Crippen molar-refractivity contribution in [3.63, 3.8) is 0 Å². The minimum Gasteiger partial charge on any atom is -0.379 e. The summed E-state index contributed by atoms with van der Waals surface area (Å²) in [5.41, 5.74) is 0.668. The topological polar surface area (TPSA) is 15.7 Å². The summed E-state index contributed by atoms with van der Waals surface area (Å²) in [6.45, 7) is 20.7. The molecular weight excluding hydrogens is 236 g/mol. The lowest BCUT2D eigenvalue weighted by Gasteiger charge is -2.43. The van der Waals surface area contributed by atoms with E-state index in [9.17, 15) is 0 Å². The van der Waals surface area contributed by atoms with Crippen molar-refractivity contribution in [2.45, 2.75) is 53.1 Å². The van der Waals surface area contributed by atoms with Crippen LogP contribution in [0.2, 0.25) is 0 Å². The molecule has 2 aliphatic rings. The van der Waals surface area contributed by atoms with Crippen LogP contribution in [0.3, 0.4) is 0 Å². The molecule has 2 aliphatic heterocycles. The Morgan fingerprint density at radius 3 is 2.21 bits per heavy atom. The summed E-state index contributed by atoms with van der Waals surface area (Å²) < 4.78 is 5.53. The third kappa shape index (κ3) is 2.98. The molecule has 19 heavy (non-hydrogen) atoms. The standard InChI is InChI=1S/C16H32N2O/c1-13(2)16(6)12-18(15(3,4)5)11-14(16)17-7-9-19-10-8-17/h13-14H,7-12H2,1-6H3. The van der Waals surface area contributed by atoms with Crippen LogP contribution < -0.4 is 0 Å². The fourth-order valence-corrected chi connectivity index (χ4v) is 3.50. The first-order chi connectivity index (χ1) is 8.75. The largest absolute Gasteiger partial charge is 0.379 e. The van der Waals surface area contributed by atoms with Crippen molar-refractivity contribution in [1.82, 2.24) is 9.80 Å². The Morgan fingerprint density at radius 2 is 1.74 bits per heavy atom. The van der Waals surface area contributed by atoms with Crippen LogP contribution in [0.5, 0.6) is 0 Å². The van der Waals surface area contributed by atoms with Crippen LogP contribution in [-0.4, -0.2) is 60.8 Å². The predicted molar refractivity (Wildman–Crippen MR) is 80.5 cm³/mol. The van der Waals surface area contributed by atoms with Crippen LogP contribution in [-0.2, 0) is 4.74 Å². The Kier molecular flexibility index (Phi) is 4.29. The molecule has 2 saturated heterocycles. The second-order valence-electron chi connectivity index (χ2n) is 7.88. The van der Waals surface area contributed by atoms with Crippen LogP contribution >= 0.6 is 0 Å². The molecule has 3 heteroatoms. The van der Waals surface area contributed by atoms with E-state index in [1.165, 1.54) is 13.1 Å². The number of rotatable bonds is 2. The molecule has 0 aromatic carbocycles. The molecule has 0 saturated carbocycles. The number of morpholine rings is 1. The van der Waals surface area contributed by atoms with Gasteiger partial charge in [-0.25, -0.2) is 0 Å². The molecule has 0 aromatic heterocycles. The van der Waals surface area contributed by atoms with Gasteiger partial charge in [-0.05, 0) is 32.1 Å². The maximum atomic E-state index is 5.53. The van der Waals surface area contributed by atoms with Crippen LogP contribution in [0.4, 0.5) is 0 Å². The van der Waals surface area contributed by atoms with E-state index in [4.69, 9.17) is 4.74 Å². The van der Waals surface area contributed by atoms with E-state index in [1.807, 2.05) is 0 Å². The maximum Gasteiger partial charge on any atom is 0.0594 e. The normalized spacial score (nSPS) is 35.2. The van der Waals surface area contributed by atoms with Gasteiger partial charge in [0.1, 0.15) is 0 Å². The molecule has 112 valence electrons. The Balaban J connectivity index is 2.18. The minimum atomic E-state index is 0.275. The predicted octanol–water partition coefficient (Wildman–Crippen LogP) is 2.46. The molecule has 0 spiro atoms. The highest BCUT2D eigenvalue weighted by Crippen LogP contribution is 2.42. The summed E-state index contributed by atoms with van der Waals surface area (Å²) in [5.74, 6) is 0.715. The molecule has 3 nitrogen and oxygen atoms in total. The number of likely N-dealkylation sites (tertiary alicyclic amines) is 1. The first-order valence-electron chi connectivity index (χ1n) is 7.82. The van der Waals surface area contributed by atoms with E-state index in [-0.39, 0.29) is 5.54 Å². The van der Waals surface area contributed by atoms with Gasteiger partial charge in [-0.2, -0.15) is 0 Å². The number of nitrogens with zero attached hydrogens (tertiary/aromatic N) is 2. The Hall–Kier alpha value is -0.120. The second-order valence-corrected chi connectivity index (χ2v) is 7.88. The van der Waals surface area contributed by atoms with Crippen LogP contribution in [0.15, 0.2) is 0 Å². The number of hydrogen-bond acceptors (Lipinski definition) is 3. The Bertz CT molecular complexity index is 304. The van der Waals surface area contributed by atoms with E-state index in [1.54, 1.807) is 0 Å². The lowest BCUT2D eigenvalue weighted by Crippen LogP contribution is -2.52. The highest BCUT2D eigenvalue weighted by atomic mass is 16.5. The quantitative estimate of drug-likeness (QED) is 0.765. The molecule has 0 aromatic rings. The summed E-state index contributed by atoms with van der Waals surface area (Å²) in [6.07, 6.45) is 0. The van der Waals surface area contributed by atoms with Gasteiger partial charge in [-0.1, -0.05) is 20.8 Å². The highest BCUT2D eigenvalue weighted by Gasteiger charge is 2.49. The molecule has 2 fully saturated rings. The zero-order valence-corrected chi connectivity index (χ0v) is 13.7. The first kappa shape index (κ1) is 15.3. The lowest BCUT2D eigenvalue weighted by molar-refractivity contribution is -0.0132. The van der Waals surface area contributed by atoms with Gasteiger partial charge in [0, 0.05) is 37.8 Å². The zero-order chi connectivity index (χ0) is 14.3. The minimum absolute atomic E-state index is 0.275. The van der Waals surface area contributed by atoms with Crippen molar-refractivity contribution in [3.05, 3.63) is 0 Å². The van der Waals surface area contributed by atoms with Crippen molar-refractivity contribution in [2.75, 3.05) is 39.4 Å². The van der Waals surface area contributed by atoms with Gasteiger partial charge in [0.2, 0.25) is 0 Å². The van der Waals surface area contributed by atoms with Gasteiger partial charge in [-0.3, -0.25) is 9.80 Å². The van der Waals surface area contributed by atoms with Crippen LogP contribution in [0.1, 0.15) is 41.5 Å². The molecule has 2 unspecified atom stereocenters. The molecular formula is C16H32N2O.